The van der Waals surface area contributed by atoms with Crippen LogP contribution in [0.2, 0.25) is 0 Å². The molecule has 0 radical (unpaired) electrons. The number of carbonyl (C=O) groups is 3. The molecule has 0 bridgehead atoms. The molecular formula is C30H37N5O7S. The Morgan fingerprint density at radius 3 is 2.16 bits per heavy atom. The van der Waals surface area contributed by atoms with Gasteiger partial charge in [-0.25, -0.2) is 9.59 Å². The van der Waals surface area contributed by atoms with E-state index in [9.17, 15) is 14.4 Å². The van der Waals surface area contributed by atoms with E-state index in [-0.39, 0.29) is 37.1 Å². The fourth-order valence-corrected chi connectivity index (χ4v) is 5.13. The third-order valence-electron chi connectivity index (χ3n) is 5.99. The maximum atomic E-state index is 13.6. The van der Waals surface area contributed by atoms with Crippen LogP contribution < -0.4 is 4.74 Å². The molecule has 0 N–H and O–H groups in total. The Morgan fingerprint density at radius 2 is 1.60 bits per heavy atom. The van der Waals surface area contributed by atoms with E-state index in [4.69, 9.17) is 29.1 Å². The summed E-state index contributed by atoms with van der Waals surface area (Å²) in [6, 6.07) is 9.25. The molecule has 0 atom stereocenters. The van der Waals surface area contributed by atoms with Crippen molar-refractivity contribution in [1.82, 2.24) is 19.9 Å². The quantitative estimate of drug-likeness (QED) is 0.196. The molecule has 0 saturated heterocycles. The summed E-state index contributed by atoms with van der Waals surface area (Å²) in [6.45, 7) is 12.5. The molecule has 0 fully saturated rings. The number of amides is 2. The molecule has 1 aliphatic carbocycles. The van der Waals surface area contributed by atoms with Crippen LogP contribution in [-0.4, -0.2) is 68.8 Å². The second-order valence-electron chi connectivity index (χ2n) is 11.8. The van der Waals surface area contributed by atoms with E-state index < -0.39 is 23.4 Å². The highest BCUT2D eigenvalue weighted by Crippen LogP contribution is 2.39. The zero-order valence-corrected chi connectivity index (χ0v) is 26.5. The number of rotatable bonds is 6. The van der Waals surface area contributed by atoms with Crippen LogP contribution in [0.15, 0.2) is 34.7 Å². The van der Waals surface area contributed by atoms with Gasteiger partial charge in [-0.15, -0.1) is 0 Å². The van der Waals surface area contributed by atoms with Crippen molar-refractivity contribution in [3.63, 3.8) is 0 Å². The highest BCUT2D eigenvalue weighted by Gasteiger charge is 2.40. The number of hydrogen-bond acceptors (Lipinski definition) is 11. The minimum Gasteiger partial charge on any atom is -0.497 e. The van der Waals surface area contributed by atoms with Crippen LogP contribution in [-0.2, 0) is 37.7 Å². The first kappa shape index (κ1) is 31.8. The van der Waals surface area contributed by atoms with Gasteiger partial charge in [-0.2, -0.15) is 24.3 Å². The van der Waals surface area contributed by atoms with Crippen molar-refractivity contribution in [1.29, 1.82) is 0 Å². The minimum atomic E-state index is -0.962. The second-order valence-corrected chi connectivity index (χ2v) is 12.5. The Morgan fingerprint density at radius 1 is 0.977 bits per heavy atom. The first-order valence-electron chi connectivity index (χ1n) is 13.8. The van der Waals surface area contributed by atoms with Gasteiger partial charge in [0.05, 0.1) is 32.4 Å². The lowest BCUT2D eigenvalue weighted by atomic mass is 10.1. The van der Waals surface area contributed by atoms with E-state index in [0.717, 1.165) is 28.0 Å². The van der Waals surface area contributed by atoms with Gasteiger partial charge in [0.15, 0.2) is 5.84 Å². The summed E-state index contributed by atoms with van der Waals surface area (Å²) >= 11 is 1.11. The van der Waals surface area contributed by atoms with Crippen molar-refractivity contribution in [3.05, 3.63) is 52.7 Å². The van der Waals surface area contributed by atoms with Gasteiger partial charge in [0.2, 0.25) is 0 Å². The van der Waals surface area contributed by atoms with E-state index in [1.165, 1.54) is 4.80 Å². The van der Waals surface area contributed by atoms with Gasteiger partial charge in [-0.3, -0.25) is 4.79 Å². The summed E-state index contributed by atoms with van der Waals surface area (Å²) in [7, 11) is 1.59. The highest BCUT2D eigenvalue weighted by molar-refractivity contribution is 7.97. The predicted molar refractivity (Wildman–Crippen MR) is 161 cm³/mol. The number of ether oxygens (including phenoxy) is 4. The number of methoxy groups -OCH3 is 1. The smallest absolute Gasteiger partial charge is 0.425 e. The third-order valence-corrected chi connectivity index (χ3v) is 6.71. The van der Waals surface area contributed by atoms with Crippen molar-refractivity contribution in [2.45, 2.75) is 78.4 Å². The SMILES string of the molecule is CCOC(=O)Cc1cc2nn(Cc3ccc(OC)cc3)nc3c-2c1CSN=C3N(C(=O)OC(C)(C)C)C(=O)OC(C)(C)C. The van der Waals surface area contributed by atoms with E-state index in [0.29, 0.717) is 28.3 Å². The molecule has 2 aliphatic heterocycles. The number of esters is 1. The number of nitrogens with zero attached hydrogens (tertiary/aromatic N) is 5. The first-order chi connectivity index (χ1) is 20.2. The summed E-state index contributed by atoms with van der Waals surface area (Å²) in [4.78, 5) is 41.9. The zero-order valence-electron chi connectivity index (χ0n) is 25.7. The molecule has 0 aromatic heterocycles. The molecule has 0 saturated carbocycles. The molecule has 2 heterocycles. The van der Waals surface area contributed by atoms with Crippen molar-refractivity contribution in [2.75, 3.05) is 13.7 Å². The normalized spacial score (nSPS) is 13.2. The number of amidine groups is 1. The van der Waals surface area contributed by atoms with Gasteiger partial charge in [-0.05, 0) is 95.3 Å². The lowest BCUT2D eigenvalue weighted by Crippen LogP contribution is -2.47. The molecule has 0 unspecified atom stereocenters. The van der Waals surface area contributed by atoms with Gasteiger partial charge in [-0.1, -0.05) is 12.1 Å². The van der Waals surface area contributed by atoms with Crippen LogP contribution in [0, 0.1) is 0 Å². The van der Waals surface area contributed by atoms with Gasteiger partial charge >= 0.3 is 18.2 Å². The fourth-order valence-electron chi connectivity index (χ4n) is 4.32. The molecule has 12 nitrogen and oxygen atoms in total. The molecule has 1 aromatic rings. The van der Waals surface area contributed by atoms with Crippen LogP contribution in [0.25, 0.3) is 11.3 Å². The van der Waals surface area contributed by atoms with Crippen molar-refractivity contribution in [3.8, 4) is 17.0 Å². The van der Waals surface area contributed by atoms with Gasteiger partial charge in [0, 0.05) is 11.3 Å². The van der Waals surface area contributed by atoms with Crippen LogP contribution in [0.1, 0.15) is 70.9 Å². The van der Waals surface area contributed by atoms with Gasteiger partial charge in [0.25, 0.3) is 0 Å². The lowest BCUT2D eigenvalue weighted by Gasteiger charge is -2.29. The molecule has 0 spiro atoms. The van der Waals surface area contributed by atoms with Gasteiger partial charge in [0.1, 0.15) is 22.6 Å². The number of benzene rings is 1. The zero-order chi connectivity index (χ0) is 31.5. The monoisotopic (exact) mass is 611 g/mol. The maximum Gasteiger partial charge on any atom is 0.425 e. The fraction of sp³-hybridized carbons (Fsp3) is 0.467. The van der Waals surface area contributed by atoms with E-state index >= 15 is 0 Å². The first-order valence-corrected chi connectivity index (χ1v) is 14.8. The molecule has 13 heteroatoms. The summed E-state index contributed by atoms with van der Waals surface area (Å²) < 4.78 is 26.3. The summed E-state index contributed by atoms with van der Waals surface area (Å²) in [6.07, 6.45) is -1.90. The van der Waals surface area contributed by atoms with E-state index in [2.05, 4.69) is 4.40 Å². The Hall–Kier alpha value is -4.13. The van der Waals surface area contributed by atoms with Crippen LogP contribution in [0.4, 0.5) is 9.59 Å². The standard InChI is InChI=1S/C30H37N5O7S/c1-9-40-23(36)15-19-14-22-24-21(19)17-43-33-26(35(27(37)41-29(2,3)4)28(38)42-30(5,6)7)25(24)32-34(31-22)16-18-10-12-20(39-8)13-11-18/h10-14H,9,15-17H2,1-8H3. The van der Waals surface area contributed by atoms with Crippen LogP contribution in [0.3, 0.4) is 0 Å². The topological polar surface area (TPSA) is 134 Å². The molecular weight excluding hydrogens is 574 g/mol. The predicted octanol–water partition coefficient (Wildman–Crippen LogP) is 5.63. The molecule has 3 aliphatic rings. The molecule has 1 aromatic carbocycles. The Labute approximate surface area is 255 Å². The van der Waals surface area contributed by atoms with Crippen molar-refractivity contribution < 1.29 is 33.3 Å². The molecule has 43 heavy (non-hydrogen) atoms. The highest BCUT2D eigenvalue weighted by atomic mass is 32.2. The number of carbonyl (C=O) groups excluding carboxylic acids is 3. The van der Waals surface area contributed by atoms with E-state index in [1.807, 2.05) is 30.3 Å². The number of imide groups is 1. The minimum absolute atomic E-state index is 0.0230. The summed E-state index contributed by atoms with van der Waals surface area (Å²) in [5.41, 5.74) is 1.86. The Balaban J connectivity index is 1.89. The molecule has 2 amide bonds. The van der Waals surface area contributed by atoms with Crippen LogP contribution in [0.5, 0.6) is 5.75 Å². The maximum absolute atomic E-state index is 13.6. The van der Waals surface area contributed by atoms with Gasteiger partial charge < -0.3 is 18.9 Å². The average Bonchev–Trinajstić information content (AvgIpc) is 3.10. The second kappa shape index (κ2) is 12.6. The number of hydrogen-bond donors (Lipinski definition) is 0. The Kier molecular flexibility index (Phi) is 9.33. The van der Waals surface area contributed by atoms with Crippen molar-refractivity contribution >= 4 is 35.9 Å². The lowest BCUT2D eigenvalue weighted by molar-refractivity contribution is -0.142. The summed E-state index contributed by atoms with van der Waals surface area (Å²) in [5.74, 6) is 0.611. The average molecular weight is 612 g/mol. The molecule has 4 rings (SSSR count). The number of aromatic nitrogens is 3. The Bertz CT molecular complexity index is 1470. The summed E-state index contributed by atoms with van der Waals surface area (Å²) in [5, 5.41) is 9.52. The molecule has 230 valence electrons. The largest absolute Gasteiger partial charge is 0.497 e. The third kappa shape index (κ3) is 7.83. The van der Waals surface area contributed by atoms with Crippen molar-refractivity contribution in [2.24, 2.45) is 4.40 Å². The van der Waals surface area contributed by atoms with Crippen LogP contribution >= 0.6 is 11.9 Å². The van der Waals surface area contributed by atoms with E-state index in [1.54, 1.807) is 55.6 Å².